The van der Waals surface area contributed by atoms with Crippen LogP contribution in [0.4, 0.5) is 0 Å². The second kappa shape index (κ2) is 6.38. The van der Waals surface area contributed by atoms with Crippen molar-refractivity contribution < 1.29 is 9.47 Å². The predicted octanol–water partition coefficient (Wildman–Crippen LogP) is 2.13. The normalized spacial score (nSPS) is 19.4. The van der Waals surface area contributed by atoms with Crippen LogP contribution < -0.4 is 5.32 Å². The van der Waals surface area contributed by atoms with E-state index in [0.717, 1.165) is 32.6 Å². The predicted molar refractivity (Wildman–Crippen MR) is 66.7 cm³/mol. The molecule has 1 atom stereocenters. The lowest BCUT2D eigenvalue weighted by Crippen LogP contribution is -2.37. The summed E-state index contributed by atoms with van der Waals surface area (Å²) in [5.74, 6) is 0. The van der Waals surface area contributed by atoms with Gasteiger partial charge in [0, 0.05) is 19.7 Å². The minimum atomic E-state index is -0.0517. The minimum absolute atomic E-state index is 0.0517. The summed E-state index contributed by atoms with van der Waals surface area (Å²) in [5, 5.41) is 3.51. The highest BCUT2D eigenvalue weighted by molar-refractivity contribution is 5.07. The molecule has 3 heteroatoms. The first kappa shape index (κ1) is 13.7. The lowest BCUT2D eigenvalue weighted by molar-refractivity contribution is 0.00872. The van der Waals surface area contributed by atoms with Crippen LogP contribution in [0.2, 0.25) is 0 Å². The number of methoxy groups -OCH3 is 1. The first-order valence-electron chi connectivity index (χ1n) is 6.08. The molecule has 1 heterocycles. The van der Waals surface area contributed by atoms with Crippen LogP contribution >= 0.6 is 0 Å². The van der Waals surface area contributed by atoms with Gasteiger partial charge in [0.25, 0.3) is 0 Å². The van der Waals surface area contributed by atoms with Gasteiger partial charge in [-0.05, 0) is 39.2 Å². The smallest absolute Gasteiger partial charge is 0.0689 e. The summed E-state index contributed by atoms with van der Waals surface area (Å²) in [6.07, 6.45) is 4.34. The standard InChI is InChI=1S/C13H25NO2/c1-11(8-13(2,3)15-4)14-9-12-6-5-7-16-10-12/h6,11,14H,5,7-10H2,1-4H3. The molecule has 1 aliphatic heterocycles. The SMILES string of the molecule is COC(C)(C)CC(C)NCC1=CCCOC1. The van der Waals surface area contributed by atoms with Gasteiger partial charge in [0.2, 0.25) is 0 Å². The van der Waals surface area contributed by atoms with E-state index in [1.807, 2.05) is 0 Å². The van der Waals surface area contributed by atoms with Crippen molar-refractivity contribution >= 4 is 0 Å². The van der Waals surface area contributed by atoms with Crippen LogP contribution in [0.5, 0.6) is 0 Å². The summed E-state index contributed by atoms with van der Waals surface area (Å²) in [7, 11) is 1.77. The number of rotatable bonds is 6. The number of nitrogens with one attached hydrogen (secondary N) is 1. The Kier molecular flexibility index (Phi) is 5.46. The molecular weight excluding hydrogens is 202 g/mol. The Morgan fingerprint density at radius 3 is 2.88 bits per heavy atom. The first-order chi connectivity index (χ1) is 7.53. The van der Waals surface area contributed by atoms with Crippen molar-refractivity contribution in [1.82, 2.24) is 5.32 Å². The van der Waals surface area contributed by atoms with Crippen molar-refractivity contribution in [2.45, 2.75) is 45.3 Å². The molecule has 1 N–H and O–H groups in total. The van der Waals surface area contributed by atoms with Gasteiger partial charge in [-0.3, -0.25) is 0 Å². The van der Waals surface area contributed by atoms with E-state index in [9.17, 15) is 0 Å². The highest BCUT2D eigenvalue weighted by Gasteiger charge is 2.19. The van der Waals surface area contributed by atoms with Crippen LogP contribution in [-0.2, 0) is 9.47 Å². The molecule has 1 unspecified atom stereocenters. The first-order valence-corrected chi connectivity index (χ1v) is 6.08. The Labute approximate surface area is 99.2 Å². The topological polar surface area (TPSA) is 30.5 Å². The van der Waals surface area contributed by atoms with E-state index in [1.165, 1.54) is 5.57 Å². The lowest BCUT2D eigenvalue weighted by atomic mass is 9.99. The molecule has 0 saturated carbocycles. The fraction of sp³-hybridized carbons (Fsp3) is 0.846. The third-order valence-electron chi connectivity index (χ3n) is 3.01. The molecule has 0 fully saturated rings. The summed E-state index contributed by atoms with van der Waals surface area (Å²) >= 11 is 0. The van der Waals surface area contributed by atoms with E-state index in [1.54, 1.807) is 7.11 Å². The zero-order valence-electron chi connectivity index (χ0n) is 11.0. The molecule has 0 spiro atoms. The highest BCUT2D eigenvalue weighted by atomic mass is 16.5. The third kappa shape index (κ3) is 5.10. The molecule has 0 aliphatic carbocycles. The molecule has 0 bridgehead atoms. The Morgan fingerprint density at radius 1 is 1.56 bits per heavy atom. The van der Waals surface area contributed by atoms with E-state index >= 15 is 0 Å². The van der Waals surface area contributed by atoms with Crippen LogP contribution in [0.25, 0.3) is 0 Å². The molecule has 1 rings (SSSR count). The van der Waals surface area contributed by atoms with Crippen LogP contribution in [0.1, 0.15) is 33.6 Å². The minimum Gasteiger partial charge on any atom is -0.379 e. The third-order valence-corrected chi connectivity index (χ3v) is 3.01. The molecule has 0 saturated heterocycles. The van der Waals surface area contributed by atoms with Crippen LogP contribution in [0.15, 0.2) is 11.6 Å². The summed E-state index contributed by atoms with van der Waals surface area (Å²) < 4.78 is 10.8. The second-order valence-corrected chi connectivity index (χ2v) is 5.15. The molecule has 1 aliphatic rings. The van der Waals surface area contributed by atoms with Crippen molar-refractivity contribution in [2.24, 2.45) is 0 Å². The lowest BCUT2D eigenvalue weighted by Gasteiger charge is -2.27. The molecule has 0 amide bonds. The molecule has 0 radical (unpaired) electrons. The zero-order chi connectivity index (χ0) is 12.0. The molecule has 0 aromatic carbocycles. The van der Waals surface area contributed by atoms with Gasteiger partial charge < -0.3 is 14.8 Å². The van der Waals surface area contributed by atoms with E-state index in [4.69, 9.17) is 9.47 Å². The van der Waals surface area contributed by atoms with Gasteiger partial charge in [0.1, 0.15) is 0 Å². The number of ether oxygens (including phenoxy) is 2. The number of hydrogen-bond donors (Lipinski definition) is 1. The molecule has 16 heavy (non-hydrogen) atoms. The molecule has 94 valence electrons. The summed E-state index contributed by atoms with van der Waals surface area (Å²) in [5.41, 5.74) is 1.32. The maximum absolute atomic E-state index is 5.42. The Hall–Kier alpha value is -0.380. The van der Waals surface area contributed by atoms with Crippen LogP contribution in [-0.4, -0.2) is 38.5 Å². The van der Waals surface area contributed by atoms with Gasteiger partial charge in [-0.1, -0.05) is 6.08 Å². The van der Waals surface area contributed by atoms with E-state index in [0.29, 0.717) is 6.04 Å². The van der Waals surface area contributed by atoms with Crippen molar-refractivity contribution in [1.29, 1.82) is 0 Å². The number of hydrogen-bond acceptors (Lipinski definition) is 3. The molecule has 3 nitrogen and oxygen atoms in total. The quantitative estimate of drug-likeness (QED) is 0.705. The van der Waals surface area contributed by atoms with Gasteiger partial charge >= 0.3 is 0 Å². The Bertz CT molecular complexity index is 236. The molecule has 0 aromatic rings. The molecule has 0 aromatic heterocycles. The Morgan fingerprint density at radius 2 is 2.31 bits per heavy atom. The monoisotopic (exact) mass is 227 g/mol. The zero-order valence-corrected chi connectivity index (χ0v) is 11.0. The van der Waals surface area contributed by atoms with Gasteiger partial charge in [-0.25, -0.2) is 0 Å². The molecular formula is C13H25NO2. The average molecular weight is 227 g/mol. The summed E-state index contributed by atoms with van der Waals surface area (Å²) in [4.78, 5) is 0. The van der Waals surface area contributed by atoms with Gasteiger partial charge in [0.05, 0.1) is 18.8 Å². The van der Waals surface area contributed by atoms with E-state index in [-0.39, 0.29) is 5.60 Å². The van der Waals surface area contributed by atoms with Crippen molar-refractivity contribution in [3.05, 3.63) is 11.6 Å². The van der Waals surface area contributed by atoms with Gasteiger partial charge in [-0.15, -0.1) is 0 Å². The average Bonchev–Trinajstić information content (AvgIpc) is 2.27. The van der Waals surface area contributed by atoms with Crippen LogP contribution in [0, 0.1) is 0 Å². The van der Waals surface area contributed by atoms with Crippen molar-refractivity contribution in [3.63, 3.8) is 0 Å². The van der Waals surface area contributed by atoms with Gasteiger partial charge in [0.15, 0.2) is 0 Å². The largest absolute Gasteiger partial charge is 0.379 e. The maximum atomic E-state index is 5.42. The van der Waals surface area contributed by atoms with E-state index in [2.05, 4.69) is 32.2 Å². The van der Waals surface area contributed by atoms with Crippen molar-refractivity contribution in [2.75, 3.05) is 26.9 Å². The maximum Gasteiger partial charge on any atom is 0.0689 e. The van der Waals surface area contributed by atoms with Gasteiger partial charge in [-0.2, -0.15) is 0 Å². The second-order valence-electron chi connectivity index (χ2n) is 5.15. The Balaban J connectivity index is 2.24. The highest BCUT2D eigenvalue weighted by Crippen LogP contribution is 2.15. The van der Waals surface area contributed by atoms with E-state index < -0.39 is 0 Å². The van der Waals surface area contributed by atoms with Crippen molar-refractivity contribution in [3.8, 4) is 0 Å². The fourth-order valence-electron chi connectivity index (χ4n) is 1.93. The fourth-order valence-corrected chi connectivity index (χ4v) is 1.93. The summed E-state index contributed by atoms with van der Waals surface area (Å²) in [6.45, 7) is 9.03. The summed E-state index contributed by atoms with van der Waals surface area (Å²) in [6, 6.07) is 0.456. The van der Waals surface area contributed by atoms with Crippen LogP contribution in [0.3, 0.4) is 0 Å².